The molecule has 176 valence electrons. The smallest absolute Gasteiger partial charge is 0.162 e. The maximum absolute atomic E-state index is 9.66. The number of anilines is 2. The van der Waals surface area contributed by atoms with Crippen LogP contribution < -0.4 is 10.1 Å². The quantitative estimate of drug-likeness (QED) is 0.353. The van der Waals surface area contributed by atoms with E-state index < -0.39 is 0 Å². The van der Waals surface area contributed by atoms with E-state index in [1.54, 1.807) is 10.9 Å². The number of hydrogen-bond acceptors (Lipinski definition) is 6. The van der Waals surface area contributed by atoms with Crippen molar-refractivity contribution < 1.29 is 9.84 Å². The second-order valence-electron chi connectivity index (χ2n) is 8.62. The van der Waals surface area contributed by atoms with E-state index in [2.05, 4.69) is 26.4 Å². The summed E-state index contributed by atoms with van der Waals surface area (Å²) < 4.78 is 7.77. The van der Waals surface area contributed by atoms with Gasteiger partial charge in [0.05, 0.1) is 23.1 Å². The van der Waals surface area contributed by atoms with Gasteiger partial charge in [-0.25, -0.2) is 9.67 Å². The normalized spacial score (nSPS) is 16.3. The summed E-state index contributed by atoms with van der Waals surface area (Å²) in [6, 6.07) is 17.9. The fourth-order valence-electron chi connectivity index (χ4n) is 4.42. The van der Waals surface area contributed by atoms with Crippen LogP contribution in [0.4, 0.5) is 11.5 Å². The Hall–Kier alpha value is -3.13. The molecular formula is C26H28ClN5O2. The molecule has 0 saturated carbocycles. The number of aliphatic hydroxyl groups excluding tert-OH is 1. The molecule has 2 N–H and O–H groups in total. The highest BCUT2D eigenvalue weighted by atomic mass is 35.5. The molecule has 1 fully saturated rings. The van der Waals surface area contributed by atoms with Crippen molar-refractivity contribution in [2.75, 3.05) is 31.6 Å². The Kier molecular flexibility index (Phi) is 6.67. The summed E-state index contributed by atoms with van der Waals surface area (Å²) in [5.41, 5.74) is 3.65. The number of aromatic nitrogens is 3. The van der Waals surface area contributed by atoms with Crippen LogP contribution in [-0.4, -0.2) is 57.1 Å². The van der Waals surface area contributed by atoms with E-state index in [1.165, 1.54) is 0 Å². The van der Waals surface area contributed by atoms with E-state index >= 15 is 0 Å². The molecule has 1 aliphatic heterocycles. The molecule has 34 heavy (non-hydrogen) atoms. The molecule has 4 aromatic rings. The van der Waals surface area contributed by atoms with Gasteiger partial charge in [0.1, 0.15) is 5.75 Å². The van der Waals surface area contributed by atoms with Gasteiger partial charge in [-0.15, -0.1) is 0 Å². The van der Waals surface area contributed by atoms with Crippen molar-refractivity contribution in [3.63, 3.8) is 0 Å². The van der Waals surface area contributed by atoms with E-state index in [9.17, 15) is 5.11 Å². The molecule has 1 aliphatic rings. The largest absolute Gasteiger partial charge is 0.492 e. The standard InChI is InChI=1S/C26H28ClN5O2/c1-31-26-22(9-4-12-28-26)25(30-31)29-19-7-2-6-18(16-19)21-8-3-10-23(24(21)27)34-15-5-13-32-14-11-20(33)17-32/h2-4,6-10,12,16,20,33H,5,11,13-15,17H2,1H3,(H,29,30). The molecule has 0 radical (unpaired) electrons. The summed E-state index contributed by atoms with van der Waals surface area (Å²) in [7, 11) is 1.89. The van der Waals surface area contributed by atoms with Crippen LogP contribution in [0, 0.1) is 0 Å². The van der Waals surface area contributed by atoms with Crippen LogP contribution in [0.2, 0.25) is 5.02 Å². The number of ether oxygens (including phenoxy) is 1. The molecule has 1 unspecified atom stereocenters. The SMILES string of the molecule is Cn1nc(Nc2cccc(-c3cccc(OCCCN4CCC(O)C4)c3Cl)c2)c2cccnc21. The Bertz CT molecular complexity index is 1290. The molecule has 2 aromatic heterocycles. The van der Waals surface area contributed by atoms with Crippen LogP contribution in [-0.2, 0) is 7.05 Å². The van der Waals surface area contributed by atoms with Gasteiger partial charge in [-0.3, -0.25) is 0 Å². The molecule has 0 aliphatic carbocycles. The van der Waals surface area contributed by atoms with Gasteiger partial charge in [-0.05, 0) is 48.7 Å². The molecule has 0 bridgehead atoms. The van der Waals surface area contributed by atoms with Crippen molar-refractivity contribution in [1.29, 1.82) is 0 Å². The maximum atomic E-state index is 9.66. The lowest BCUT2D eigenvalue weighted by atomic mass is 10.0. The summed E-state index contributed by atoms with van der Waals surface area (Å²) in [6.45, 7) is 3.20. The molecule has 7 nitrogen and oxygen atoms in total. The Labute approximate surface area is 203 Å². The van der Waals surface area contributed by atoms with E-state index in [1.807, 2.05) is 55.6 Å². The topological polar surface area (TPSA) is 75.4 Å². The molecule has 0 spiro atoms. The van der Waals surface area contributed by atoms with Gasteiger partial charge in [0.2, 0.25) is 0 Å². The number of aliphatic hydroxyl groups is 1. The monoisotopic (exact) mass is 477 g/mol. The number of β-amino-alcohol motifs (C(OH)–C–C–N with tert-alkyl or cyclic N) is 1. The van der Waals surface area contributed by atoms with Crippen molar-refractivity contribution >= 4 is 34.1 Å². The minimum absolute atomic E-state index is 0.189. The first-order chi connectivity index (χ1) is 16.6. The lowest BCUT2D eigenvalue weighted by molar-refractivity contribution is 0.173. The van der Waals surface area contributed by atoms with Crippen molar-refractivity contribution in [1.82, 2.24) is 19.7 Å². The van der Waals surface area contributed by atoms with Gasteiger partial charge in [-0.1, -0.05) is 35.9 Å². The number of rotatable bonds is 8. The number of likely N-dealkylation sites (tertiary alicyclic amines) is 1. The van der Waals surface area contributed by atoms with Gasteiger partial charge >= 0.3 is 0 Å². The Morgan fingerprint density at radius 3 is 2.91 bits per heavy atom. The lowest BCUT2D eigenvalue weighted by Crippen LogP contribution is -2.24. The summed E-state index contributed by atoms with van der Waals surface area (Å²) in [5.74, 6) is 1.44. The van der Waals surface area contributed by atoms with Crippen LogP contribution in [0.15, 0.2) is 60.8 Å². The Morgan fingerprint density at radius 2 is 2.06 bits per heavy atom. The van der Waals surface area contributed by atoms with Crippen molar-refractivity contribution in [3.8, 4) is 16.9 Å². The van der Waals surface area contributed by atoms with Crippen molar-refractivity contribution in [2.24, 2.45) is 7.05 Å². The number of benzene rings is 2. The second kappa shape index (κ2) is 10.0. The highest BCUT2D eigenvalue weighted by molar-refractivity contribution is 6.34. The van der Waals surface area contributed by atoms with Gasteiger partial charge in [-0.2, -0.15) is 5.10 Å². The fourth-order valence-corrected chi connectivity index (χ4v) is 4.70. The minimum atomic E-state index is -0.189. The average Bonchev–Trinajstić information content (AvgIpc) is 3.40. The second-order valence-corrected chi connectivity index (χ2v) is 8.99. The third kappa shape index (κ3) is 4.87. The molecule has 1 atom stereocenters. The van der Waals surface area contributed by atoms with E-state index in [0.717, 1.165) is 66.1 Å². The van der Waals surface area contributed by atoms with E-state index in [-0.39, 0.29) is 6.10 Å². The Morgan fingerprint density at radius 1 is 1.18 bits per heavy atom. The van der Waals surface area contributed by atoms with Gasteiger partial charge in [0, 0.05) is 44.1 Å². The third-order valence-corrected chi connectivity index (χ3v) is 6.51. The first-order valence-corrected chi connectivity index (χ1v) is 11.9. The third-order valence-electron chi connectivity index (χ3n) is 6.12. The lowest BCUT2D eigenvalue weighted by Gasteiger charge is -2.16. The summed E-state index contributed by atoms with van der Waals surface area (Å²) >= 11 is 6.75. The predicted octanol–water partition coefficient (Wildman–Crippen LogP) is 4.87. The molecule has 5 rings (SSSR count). The highest BCUT2D eigenvalue weighted by Crippen LogP contribution is 2.36. The molecular weight excluding hydrogens is 450 g/mol. The Balaban J connectivity index is 1.29. The van der Waals surface area contributed by atoms with E-state index in [0.29, 0.717) is 17.4 Å². The first kappa shape index (κ1) is 22.7. The predicted molar refractivity (Wildman–Crippen MR) is 136 cm³/mol. The molecule has 0 amide bonds. The minimum Gasteiger partial charge on any atom is -0.492 e. The van der Waals surface area contributed by atoms with Gasteiger partial charge < -0.3 is 20.1 Å². The van der Waals surface area contributed by atoms with Crippen molar-refractivity contribution in [2.45, 2.75) is 18.9 Å². The number of aryl methyl sites for hydroxylation is 1. The van der Waals surface area contributed by atoms with Gasteiger partial charge in [0.25, 0.3) is 0 Å². The zero-order valence-electron chi connectivity index (χ0n) is 19.1. The zero-order chi connectivity index (χ0) is 23.5. The van der Waals surface area contributed by atoms with Crippen LogP contribution in [0.25, 0.3) is 22.2 Å². The average molecular weight is 478 g/mol. The van der Waals surface area contributed by atoms with Crippen LogP contribution in [0.5, 0.6) is 5.75 Å². The summed E-state index contributed by atoms with van der Waals surface area (Å²) in [5, 5.41) is 19.2. The zero-order valence-corrected chi connectivity index (χ0v) is 19.9. The molecule has 2 aromatic carbocycles. The maximum Gasteiger partial charge on any atom is 0.162 e. The fraction of sp³-hybridized carbons (Fsp3) is 0.308. The molecule has 3 heterocycles. The molecule has 1 saturated heterocycles. The number of hydrogen-bond donors (Lipinski definition) is 2. The number of fused-ring (bicyclic) bond motifs is 1. The van der Waals surface area contributed by atoms with Crippen molar-refractivity contribution in [3.05, 3.63) is 65.8 Å². The summed E-state index contributed by atoms with van der Waals surface area (Å²) in [4.78, 5) is 6.67. The summed E-state index contributed by atoms with van der Waals surface area (Å²) in [6.07, 6.45) is 3.32. The van der Waals surface area contributed by atoms with Crippen LogP contribution >= 0.6 is 11.6 Å². The number of halogens is 1. The number of pyridine rings is 1. The van der Waals surface area contributed by atoms with Gasteiger partial charge in [0.15, 0.2) is 11.5 Å². The number of nitrogens with zero attached hydrogens (tertiary/aromatic N) is 4. The highest BCUT2D eigenvalue weighted by Gasteiger charge is 2.19. The first-order valence-electron chi connectivity index (χ1n) is 11.6. The van der Waals surface area contributed by atoms with Crippen LogP contribution in [0.3, 0.4) is 0 Å². The molecule has 8 heteroatoms. The van der Waals surface area contributed by atoms with E-state index in [4.69, 9.17) is 16.3 Å². The number of nitrogens with one attached hydrogen (secondary N) is 1. The van der Waals surface area contributed by atoms with Crippen LogP contribution in [0.1, 0.15) is 12.8 Å².